The van der Waals surface area contributed by atoms with Crippen molar-refractivity contribution in [2.24, 2.45) is 0 Å². The second kappa shape index (κ2) is 12.7. The molecule has 0 aliphatic carbocycles. The third kappa shape index (κ3) is 7.31. The summed E-state index contributed by atoms with van der Waals surface area (Å²) in [6, 6.07) is 6.74. The first-order valence-corrected chi connectivity index (χ1v) is 12.8. The lowest BCUT2D eigenvalue weighted by Gasteiger charge is -2.46. The molecule has 1 aromatic rings. The Hall–Kier alpha value is -3.00. The summed E-state index contributed by atoms with van der Waals surface area (Å²) in [7, 11) is 0. The number of carbonyl (C=O) groups is 5. The molecule has 0 aromatic heterocycles. The van der Waals surface area contributed by atoms with Crippen molar-refractivity contribution >= 4 is 75.8 Å². The van der Waals surface area contributed by atoms with Crippen molar-refractivity contribution in [3.8, 4) is 0 Å². The number of hydrogen-bond acceptors (Lipinski definition) is 12. The van der Waals surface area contributed by atoms with Crippen LogP contribution in [-0.2, 0) is 47.7 Å². The molecular weight excluding hydrogens is 562 g/mol. The molecule has 0 N–H and O–H groups in total. The van der Waals surface area contributed by atoms with Crippen molar-refractivity contribution in [3.05, 3.63) is 39.8 Å². The highest BCUT2D eigenvalue weighted by atomic mass is 35.5. The maximum atomic E-state index is 13.5. The fourth-order valence-corrected chi connectivity index (χ4v) is 5.26. The van der Waals surface area contributed by atoms with E-state index < -0.39 is 67.0 Å². The highest BCUT2D eigenvalue weighted by Crippen LogP contribution is 2.39. The molecule has 1 amide bonds. The zero-order valence-electron chi connectivity index (χ0n) is 20.7. The molecule has 2 heterocycles. The number of thioether (sulfide) groups is 1. The molecule has 1 aromatic carbocycles. The Bertz CT molecular complexity index is 1170. The zero-order valence-corrected chi connectivity index (χ0v) is 23.1. The average molecular weight is 586 g/mol. The highest BCUT2D eigenvalue weighted by Gasteiger charge is 2.56. The van der Waals surface area contributed by atoms with E-state index in [1.807, 2.05) is 0 Å². The number of hydrogen-bond donors (Lipinski definition) is 0. The lowest BCUT2D eigenvalue weighted by atomic mass is 9.96. The van der Waals surface area contributed by atoms with Crippen LogP contribution < -0.4 is 0 Å². The minimum Gasteiger partial charge on any atom is -0.463 e. The van der Waals surface area contributed by atoms with Crippen LogP contribution >= 0.6 is 35.6 Å². The topological polar surface area (TPSA) is 135 Å². The first-order valence-electron chi connectivity index (χ1n) is 11.2. The van der Waals surface area contributed by atoms with E-state index >= 15 is 0 Å². The van der Waals surface area contributed by atoms with Crippen molar-refractivity contribution in [3.63, 3.8) is 0 Å². The number of amides is 1. The van der Waals surface area contributed by atoms with Crippen LogP contribution in [0.2, 0.25) is 5.02 Å². The molecule has 38 heavy (non-hydrogen) atoms. The number of benzene rings is 1. The quantitative estimate of drug-likeness (QED) is 0.201. The number of rotatable bonds is 7. The van der Waals surface area contributed by atoms with Crippen LogP contribution in [-0.4, -0.2) is 76.3 Å². The number of thiocarbonyl (C=S) groups is 1. The van der Waals surface area contributed by atoms with Gasteiger partial charge in [0.05, 0.1) is 4.91 Å². The van der Waals surface area contributed by atoms with E-state index in [1.165, 1.54) is 0 Å². The SMILES string of the molecule is CC(=O)OC[C@@H]1O[C@H](N2C(=O)/C(=C\c3ccc(Cl)cc3)SC2=S)[C@H](OC(C)=O)[C@@H](OC(C)=O)[C@@H]1OC(C)=O. The molecule has 0 radical (unpaired) electrons. The summed E-state index contributed by atoms with van der Waals surface area (Å²) in [5.74, 6) is -3.57. The Balaban J connectivity index is 2.04. The van der Waals surface area contributed by atoms with Gasteiger partial charge in [-0.1, -0.05) is 47.7 Å². The highest BCUT2D eigenvalue weighted by molar-refractivity contribution is 8.26. The first kappa shape index (κ1) is 29.6. The molecule has 0 saturated carbocycles. The van der Waals surface area contributed by atoms with Gasteiger partial charge < -0.3 is 23.7 Å². The second-order valence-electron chi connectivity index (χ2n) is 8.19. The molecule has 0 spiro atoms. The van der Waals surface area contributed by atoms with Gasteiger partial charge in [0, 0.05) is 32.7 Å². The van der Waals surface area contributed by atoms with Crippen LogP contribution in [0.5, 0.6) is 0 Å². The van der Waals surface area contributed by atoms with E-state index in [9.17, 15) is 24.0 Å². The first-order chi connectivity index (χ1) is 17.9. The maximum absolute atomic E-state index is 13.5. The summed E-state index contributed by atoms with van der Waals surface area (Å²) in [5.41, 5.74) is 0.677. The Labute approximate surface area is 232 Å². The molecule has 0 unspecified atom stereocenters. The Morgan fingerprint density at radius 3 is 2.05 bits per heavy atom. The summed E-state index contributed by atoms with van der Waals surface area (Å²) in [4.78, 5) is 62.3. The maximum Gasteiger partial charge on any atom is 0.303 e. The minimum absolute atomic E-state index is 0.0658. The summed E-state index contributed by atoms with van der Waals surface area (Å²) in [5, 5.41) is 0.521. The van der Waals surface area contributed by atoms with Crippen molar-refractivity contribution in [2.45, 2.75) is 58.3 Å². The van der Waals surface area contributed by atoms with Crippen molar-refractivity contribution in [2.75, 3.05) is 6.61 Å². The molecule has 11 nitrogen and oxygen atoms in total. The van der Waals surface area contributed by atoms with Crippen LogP contribution in [0.4, 0.5) is 0 Å². The van der Waals surface area contributed by atoms with E-state index in [0.29, 0.717) is 10.6 Å². The monoisotopic (exact) mass is 585 g/mol. The Morgan fingerprint density at radius 2 is 1.50 bits per heavy atom. The van der Waals surface area contributed by atoms with Crippen molar-refractivity contribution < 1.29 is 47.7 Å². The molecule has 2 aliphatic heterocycles. The van der Waals surface area contributed by atoms with E-state index in [-0.39, 0.29) is 9.23 Å². The molecule has 2 saturated heterocycles. The lowest BCUT2D eigenvalue weighted by Crippen LogP contribution is -2.66. The van der Waals surface area contributed by atoms with Crippen molar-refractivity contribution in [1.29, 1.82) is 0 Å². The van der Waals surface area contributed by atoms with Crippen LogP contribution in [0.25, 0.3) is 6.08 Å². The van der Waals surface area contributed by atoms with Crippen LogP contribution in [0.1, 0.15) is 33.3 Å². The van der Waals surface area contributed by atoms with Crippen molar-refractivity contribution in [1.82, 2.24) is 4.90 Å². The van der Waals surface area contributed by atoms with Crippen LogP contribution in [0, 0.1) is 0 Å². The number of esters is 4. The van der Waals surface area contributed by atoms with Gasteiger partial charge in [0.15, 0.2) is 28.9 Å². The molecular formula is C24H24ClNO10S2. The van der Waals surface area contributed by atoms with Gasteiger partial charge in [-0.15, -0.1) is 0 Å². The number of halogens is 1. The predicted octanol–water partition coefficient (Wildman–Crippen LogP) is 2.62. The van der Waals surface area contributed by atoms with Gasteiger partial charge in [0.1, 0.15) is 12.7 Å². The molecule has 5 atom stereocenters. The summed E-state index contributed by atoms with van der Waals surface area (Å²) >= 11 is 12.4. The van der Waals surface area contributed by atoms with Gasteiger partial charge in [-0.05, 0) is 23.8 Å². The Morgan fingerprint density at radius 1 is 0.947 bits per heavy atom. The summed E-state index contributed by atoms with van der Waals surface area (Å²) in [6.07, 6.45) is -5.26. The van der Waals surface area contributed by atoms with Gasteiger partial charge in [0.2, 0.25) is 0 Å². The van der Waals surface area contributed by atoms with E-state index in [1.54, 1.807) is 30.3 Å². The lowest BCUT2D eigenvalue weighted by molar-refractivity contribution is -0.268. The largest absolute Gasteiger partial charge is 0.463 e. The Kier molecular flexibility index (Phi) is 9.88. The van der Waals surface area contributed by atoms with Crippen LogP contribution in [0.3, 0.4) is 0 Å². The van der Waals surface area contributed by atoms with E-state index in [0.717, 1.165) is 44.4 Å². The van der Waals surface area contributed by atoms with Gasteiger partial charge in [-0.25, -0.2) is 0 Å². The van der Waals surface area contributed by atoms with Gasteiger partial charge in [-0.2, -0.15) is 0 Å². The number of nitrogens with zero attached hydrogens (tertiary/aromatic N) is 1. The fraction of sp³-hybridized carbons (Fsp3) is 0.417. The van der Waals surface area contributed by atoms with E-state index in [2.05, 4.69) is 0 Å². The molecule has 0 bridgehead atoms. The third-order valence-corrected chi connectivity index (χ3v) is 6.79. The smallest absolute Gasteiger partial charge is 0.303 e. The predicted molar refractivity (Wildman–Crippen MR) is 138 cm³/mol. The molecule has 2 aliphatic rings. The van der Waals surface area contributed by atoms with Gasteiger partial charge in [0.25, 0.3) is 5.91 Å². The summed E-state index contributed by atoms with van der Waals surface area (Å²) in [6.45, 7) is 4.07. The van der Waals surface area contributed by atoms with Gasteiger partial charge >= 0.3 is 23.9 Å². The normalized spacial score (nSPS) is 26.2. The molecule has 2 fully saturated rings. The third-order valence-electron chi connectivity index (χ3n) is 5.21. The molecule has 204 valence electrons. The number of carbonyl (C=O) groups excluding carboxylic acids is 5. The number of ether oxygens (including phenoxy) is 5. The minimum atomic E-state index is -1.45. The second-order valence-corrected chi connectivity index (χ2v) is 10.3. The molecule has 14 heteroatoms. The fourth-order valence-electron chi connectivity index (χ4n) is 3.82. The summed E-state index contributed by atoms with van der Waals surface area (Å²) < 4.78 is 27.4. The standard InChI is InChI=1S/C24H24ClNO10S2/c1-11(27)32-10-17-19(33-12(2)28)20(34-13(3)29)21(35-14(4)30)23(36-17)26-22(31)18(38-24(26)37)9-15-5-7-16(25)8-6-15/h5-9,17,19-21,23H,10H2,1-4H3/b18-9+/t17-,19+,20-,21+,23-/m0/s1. The zero-order chi connectivity index (χ0) is 28.1. The molecule has 3 rings (SSSR count). The van der Waals surface area contributed by atoms with Gasteiger partial charge in [-0.3, -0.25) is 28.9 Å². The van der Waals surface area contributed by atoms with Crippen LogP contribution in [0.15, 0.2) is 29.2 Å². The average Bonchev–Trinajstić information content (AvgIpc) is 3.08. The van der Waals surface area contributed by atoms with E-state index in [4.69, 9.17) is 47.5 Å².